The van der Waals surface area contributed by atoms with E-state index in [0.29, 0.717) is 39.7 Å². The topological polar surface area (TPSA) is 76.2 Å². The number of ether oxygens (including phenoxy) is 2. The predicted octanol–water partition coefficient (Wildman–Crippen LogP) is 4.46. The van der Waals surface area contributed by atoms with E-state index in [-0.39, 0.29) is 13.2 Å². The summed E-state index contributed by atoms with van der Waals surface area (Å²) in [4.78, 5) is 17.7. The molecule has 3 aromatic heterocycles. The molecule has 0 bridgehead atoms. The SMILES string of the molecule is COc1cc(-c2cnc3[nH]cc(-c4ccc5c(c4)N(CC(F)(F)F)CCO5)c3n2)ccn1. The minimum Gasteiger partial charge on any atom is -0.490 e. The van der Waals surface area contributed by atoms with Gasteiger partial charge >= 0.3 is 6.18 Å². The number of alkyl halides is 3. The lowest BCUT2D eigenvalue weighted by Gasteiger charge is -2.32. The molecule has 4 heterocycles. The first-order valence-corrected chi connectivity index (χ1v) is 9.85. The summed E-state index contributed by atoms with van der Waals surface area (Å²) in [5.41, 5.74) is 4.45. The number of aromatic nitrogens is 4. The minimum atomic E-state index is -4.31. The van der Waals surface area contributed by atoms with Crippen LogP contribution in [-0.4, -0.2) is 52.9 Å². The number of rotatable bonds is 4. The number of nitrogens with zero attached hydrogens (tertiary/aromatic N) is 4. The fraction of sp³-hybridized carbons (Fsp3) is 0.227. The lowest BCUT2D eigenvalue weighted by Crippen LogP contribution is -2.39. The molecule has 1 aliphatic rings. The van der Waals surface area contributed by atoms with Gasteiger partial charge in [0.25, 0.3) is 0 Å². The molecule has 32 heavy (non-hydrogen) atoms. The highest BCUT2D eigenvalue weighted by Crippen LogP contribution is 2.38. The van der Waals surface area contributed by atoms with Gasteiger partial charge in [0.2, 0.25) is 5.88 Å². The van der Waals surface area contributed by atoms with Crippen molar-refractivity contribution in [3.05, 3.63) is 48.9 Å². The van der Waals surface area contributed by atoms with Crippen molar-refractivity contribution in [2.45, 2.75) is 6.18 Å². The van der Waals surface area contributed by atoms with E-state index in [1.807, 2.05) is 6.07 Å². The number of nitrogens with one attached hydrogen (secondary N) is 1. The number of pyridine rings is 1. The van der Waals surface area contributed by atoms with Crippen LogP contribution in [0.25, 0.3) is 33.5 Å². The van der Waals surface area contributed by atoms with Gasteiger partial charge in [-0.05, 0) is 23.8 Å². The van der Waals surface area contributed by atoms with Crippen LogP contribution < -0.4 is 14.4 Å². The predicted molar refractivity (Wildman–Crippen MR) is 113 cm³/mol. The minimum absolute atomic E-state index is 0.164. The summed E-state index contributed by atoms with van der Waals surface area (Å²) in [6.07, 6.45) is 0.707. The van der Waals surface area contributed by atoms with E-state index in [4.69, 9.17) is 14.5 Å². The highest BCUT2D eigenvalue weighted by molar-refractivity contribution is 5.92. The molecule has 4 aromatic rings. The molecule has 0 unspecified atom stereocenters. The number of hydrogen-bond donors (Lipinski definition) is 1. The van der Waals surface area contributed by atoms with Gasteiger partial charge in [0.15, 0.2) is 5.65 Å². The Hall–Kier alpha value is -3.82. The van der Waals surface area contributed by atoms with Gasteiger partial charge in [0, 0.05) is 29.6 Å². The van der Waals surface area contributed by atoms with Gasteiger partial charge in [-0.1, -0.05) is 6.07 Å². The van der Waals surface area contributed by atoms with Crippen molar-refractivity contribution in [2.75, 3.05) is 31.7 Å². The monoisotopic (exact) mass is 441 g/mol. The molecule has 0 saturated heterocycles. The van der Waals surface area contributed by atoms with Crippen molar-refractivity contribution >= 4 is 16.9 Å². The molecule has 5 rings (SSSR count). The normalized spacial score (nSPS) is 13.7. The second-order valence-corrected chi connectivity index (χ2v) is 7.31. The van der Waals surface area contributed by atoms with Crippen LogP contribution in [0.5, 0.6) is 11.6 Å². The molecule has 164 valence electrons. The third kappa shape index (κ3) is 3.79. The van der Waals surface area contributed by atoms with E-state index < -0.39 is 12.7 Å². The molecule has 1 aliphatic heterocycles. The van der Waals surface area contributed by atoms with Crippen LogP contribution in [0.1, 0.15) is 0 Å². The molecule has 7 nitrogen and oxygen atoms in total. The van der Waals surface area contributed by atoms with Crippen LogP contribution in [0.15, 0.2) is 48.9 Å². The summed E-state index contributed by atoms with van der Waals surface area (Å²) in [5, 5.41) is 0. The Bertz CT molecular complexity index is 1290. The number of anilines is 1. The lowest BCUT2D eigenvalue weighted by molar-refractivity contribution is -0.120. The standard InChI is InChI=1S/C22H18F3N5O2/c1-31-19-9-14(4-5-26-19)16-11-28-21-20(29-16)15(10-27-21)13-2-3-18-17(8-13)30(6-7-32-18)12-22(23,24)25/h2-5,8-11H,6-7,12H2,1H3,(H,27,28). The maximum absolute atomic E-state index is 13.1. The van der Waals surface area contributed by atoms with Crippen molar-refractivity contribution in [1.29, 1.82) is 0 Å². The van der Waals surface area contributed by atoms with E-state index in [0.717, 1.165) is 11.1 Å². The van der Waals surface area contributed by atoms with Crippen molar-refractivity contribution in [3.8, 4) is 34.0 Å². The van der Waals surface area contributed by atoms with Crippen molar-refractivity contribution in [1.82, 2.24) is 19.9 Å². The first kappa shape index (κ1) is 20.1. The summed E-state index contributed by atoms with van der Waals surface area (Å²) in [5.74, 6) is 0.887. The van der Waals surface area contributed by atoms with Gasteiger partial charge in [-0.15, -0.1) is 0 Å². The second-order valence-electron chi connectivity index (χ2n) is 7.31. The molecule has 0 atom stereocenters. The lowest BCUT2D eigenvalue weighted by atomic mass is 10.1. The molecule has 1 N–H and O–H groups in total. The number of benzene rings is 1. The van der Waals surface area contributed by atoms with Gasteiger partial charge in [-0.2, -0.15) is 13.2 Å². The molecule has 0 fully saturated rings. The zero-order valence-electron chi connectivity index (χ0n) is 17.0. The van der Waals surface area contributed by atoms with Crippen LogP contribution in [0.3, 0.4) is 0 Å². The fourth-order valence-corrected chi connectivity index (χ4v) is 3.75. The number of H-pyrrole nitrogens is 1. The van der Waals surface area contributed by atoms with Gasteiger partial charge in [0.1, 0.15) is 24.4 Å². The van der Waals surface area contributed by atoms with Crippen molar-refractivity contribution < 1.29 is 22.6 Å². The average molecular weight is 441 g/mol. The molecule has 0 saturated carbocycles. The molecule has 10 heteroatoms. The van der Waals surface area contributed by atoms with Crippen LogP contribution >= 0.6 is 0 Å². The van der Waals surface area contributed by atoms with E-state index in [1.165, 1.54) is 12.0 Å². The number of methoxy groups -OCH3 is 1. The number of hydrogen-bond acceptors (Lipinski definition) is 6. The van der Waals surface area contributed by atoms with Crippen LogP contribution in [0.2, 0.25) is 0 Å². The number of halogens is 3. The van der Waals surface area contributed by atoms with Gasteiger partial charge in [-0.3, -0.25) is 0 Å². The zero-order valence-corrected chi connectivity index (χ0v) is 17.0. The van der Waals surface area contributed by atoms with Crippen LogP contribution in [-0.2, 0) is 0 Å². The largest absolute Gasteiger partial charge is 0.490 e. The van der Waals surface area contributed by atoms with Crippen LogP contribution in [0.4, 0.5) is 18.9 Å². The summed E-state index contributed by atoms with van der Waals surface area (Å²) < 4.78 is 49.9. The Balaban J connectivity index is 1.57. The maximum Gasteiger partial charge on any atom is 0.405 e. The Kier molecular flexibility index (Phi) is 4.84. The van der Waals surface area contributed by atoms with Crippen LogP contribution in [0, 0.1) is 0 Å². The highest BCUT2D eigenvalue weighted by Gasteiger charge is 2.33. The Labute approximate surface area is 180 Å². The van der Waals surface area contributed by atoms with E-state index in [2.05, 4.69) is 15.0 Å². The zero-order chi connectivity index (χ0) is 22.3. The quantitative estimate of drug-likeness (QED) is 0.504. The third-order valence-electron chi connectivity index (χ3n) is 5.22. The molecule has 0 radical (unpaired) electrons. The van der Waals surface area contributed by atoms with E-state index >= 15 is 0 Å². The number of fused-ring (bicyclic) bond motifs is 2. The third-order valence-corrected chi connectivity index (χ3v) is 5.22. The molecular weight excluding hydrogens is 423 g/mol. The average Bonchev–Trinajstić information content (AvgIpc) is 3.21. The summed E-state index contributed by atoms with van der Waals surface area (Å²) in [7, 11) is 1.53. The smallest absolute Gasteiger partial charge is 0.405 e. The second kappa shape index (κ2) is 7.70. The molecule has 1 aromatic carbocycles. The molecule has 0 amide bonds. The Morgan fingerprint density at radius 3 is 2.84 bits per heavy atom. The highest BCUT2D eigenvalue weighted by atomic mass is 19.4. The molecule has 0 aliphatic carbocycles. The molecule has 0 spiro atoms. The Morgan fingerprint density at radius 2 is 2.03 bits per heavy atom. The van der Waals surface area contributed by atoms with Crippen molar-refractivity contribution in [2.24, 2.45) is 0 Å². The fourth-order valence-electron chi connectivity index (χ4n) is 3.75. The molecular formula is C22H18F3N5O2. The van der Waals surface area contributed by atoms with E-state index in [9.17, 15) is 13.2 Å². The van der Waals surface area contributed by atoms with Gasteiger partial charge < -0.3 is 19.4 Å². The van der Waals surface area contributed by atoms with Gasteiger partial charge in [0.05, 0.1) is 31.2 Å². The first-order valence-electron chi connectivity index (χ1n) is 9.85. The van der Waals surface area contributed by atoms with Gasteiger partial charge in [-0.25, -0.2) is 15.0 Å². The maximum atomic E-state index is 13.1. The first-order chi connectivity index (χ1) is 15.4. The number of aromatic amines is 1. The Morgan fingerprint density at radius 1 is 1.16 bits per heavy atom. The van der Waals surface area contributed by atoms with E-state index in [1.54, 1.807) is 42.9 Å². The summed E-state index contributed by atoms with van der Waals surface area (Å²) >= 11 is 0. The summed E-state index contributed by atoms with van der Waals surface area (Å²) in [6, 6.07) is 8.76. The van der Waals surface area contributed by atoms with Crippen molar-refractivity contribution in [3.63, 3.8) is 0 Å². The summed E-state index contributed by atoms with van der Waals surface area (Å²) in [6.45, 7) is -0.661.